The van der Waals surface area contributed by atoms with Crippen LogP contribution in [0.1, 0.15) is 61.4 Å². The van der Waals surface area contributed by atoms with Gasteiger partial charge in [-0.15, -0.1) is 5.10 Å². The quantitative estimate of drug-likeness (QED) is 0.422. The Balaban J connectivity index is 1.61. The Morgan fingerprint density at radius 3 is 2.70 bits per heavy atom. The number of carboxylic acid groups (broad SMARTS) is 1. The van der Waals surface area contributed by atoms with Gasteiger partial charge < -0.3 is 9.84 Å². The third-order valence-corrected chi connectivity index (χ3v) is 8.75. The molecule has 2 heterocycles. The minimum Gasteiger partial charge on any atom is -0.488 e. The fourth-order valence-electron chi connectivity index (χ4n) is 4.64. The zero-order valence-electron chi connectivity index (χ0n) is 21.5. The van der Waals surface area contributed by atoms with Crippen LogP contribution in [0.5, 0.6) is 5.75 Å². The number of nitrogens with zero attached hydrogens (tertiary/aromatic N) is 4. The van der Waals surface area contributed by atoms with E-state index in [4.69, 9.17) is 4.74 Å². The molecule has 1 aliphatic rings. The Kier molecular flexibility index (Phi) is 8.29. The highest BCUT2D eigenvalue weighted by Crippen LogP contribution is 2.34. The summed E-state index contributed by atoms with van der Waals surface area (Å²) >= 11 is 0. The first-order chi connectivity index (χ1) is 17.7. The first-order valence-corrected chi connectivity index (χ1v) is 14.1. The number of sulfonamides is 1. The van der Waals surface area contributed by atoms with Crippen molar-refractivity contribution in [3.05, 3.63) is 71.0 Å². The van der Waals surface area contributed by atoms with Crippen molar-refractivity contribution in [1.29, 1.82) is 0 Å². The van der Waals surface area contributed by atoms with E-state index in [-0.39, 0.29) is 36.4 Å². The molecule has 37 heavy (non-hydrogen) atoms. The van der Waals surface area contributed by atoms with Crippen LogP contribution in [0.4, 0.5) is 0 Å². The molecule has 9 nitrogen and oxygen atoms in total. The van der Waals surface area contributed by atoms with Gasteiger partial charge in [-0.25, -0.2) is 8.42 Å². The Morgan fingerprint density at radius 2 is 2.00 bits per heavy atom. The number of hydrogen-bond acceptors (Lipinski definition) is 6. The Morgan fingerprint density at radius 1 is 1.22 bits per heavy atom. The van der Waals surface area contributed by atoms with Crippen LogP contribution in [-0.2, 0) is 34.3 Å². The predicted molar refractivity (Wildman–Crippen MR) is 139 cm³/mol. The molecule has 10 heteroatoms. The summed E-state index contributed by atoms with van der Waals surface area (Å²) in [6.45, 7) is 7.05. The number of hydrogen-bond donors (Lipinski definition) is 1. The summed E-state index contributed by atoms with van der Waals surface area (Å²) in [6, 6.07) is 12.6. The van der Waals surface area contributed by atoms with E-state index in [0.717, 1.165) is 28.9 Å². The van der Waals surface area contributed by atoms with Gasteiger partial charge in [0.25, 0.3) is 0 Å². The van der Waals surface area contributed by atoms with Crippen molar-refractivity contribution in [3.63, 3.8) is 0 Å². The number of carboxylic acids is 1. The molecular formula is C27H34N4O5S. The molecule has 4 rings (SSSR count). The highest BCUT2D eigenvalue weighted by molar-refractivity contribution is 7.89. The Labute approximate surface area is 218 Å². The molecule has 0 bridgehead atoms. The summed E-state index contributed by atoms with van der Waals surface area (Å²) in [5, 5.41) is 17.8. The van der Waals surface area contributed by atoms with Crippen molar-refractivity contribution in [2.45, 2.75) is 76.5 Å². The molecule has 2 atom stereocenters. The van der Waals surface area contributed by atoms with Crippen LogP contribution in [0.25, 0.3) is 0 Å². The lowest BCUT2D eigenvalue weighted by molar-refractivity contribution is -0.137. The van der Waals surface area contributed by atoms with Gasteiger partial charge in [0.2, 0.25) is 10.0 Å². The summed E-state index contributed by atoms with van der Waals surface area (Å²) < 4.78 is 36.5. The van der Waals surface area contributed by atoms with Crippen LogP contribution in [0.15, 0.2) is 53.6 Å². The van der Waals surface area contributed by atoms with Crippen LogP contribution in [0, 0.1) is 6.92 Å². The van der Waals surface area contributed by atoms with Crippen molar-refractivity contribution in [3.8, 4) is 5.75 Å². The zero-order chi connectivity index (χ0) is 26.6. The molecule has 2 aromatic carbocycles. The zero-order valence-corrected chi connectivity index (χ0v) is 22.3. The average molecular weight is 527 g/mol. The number of rotatable bonds is 10. The van der Waals surface area contributed by atoms with Crippen LogP contribution in [0.3, 0.4) is 0 Å². The largest absolute Gasteiger partial charge is 0.488 e. The van der Waals surface area contributed by atoms with Gasteiger partial charge in [0.15, 0.2) is 0 Å². The lowest BCUT2D eigenvalue weighted by atomic mass is 9.88. The molecule has 3 aromatic rings. The highest BCUT2D eigenvalue weighted by atomic mass is 32.2. The lowest BCUT2D eigenvalue weighted by Crippen LogP contribution is -2.36. The minimum absolute atomic E-state index is 0.0223. The standard InChI is InChI=1S/C27H34N4O5S/c1-4-24-18-31(37(34,35)26-9-7-6-8-25(26)36-24)16-22-14-20(11-10-19(22)3)21(15-27(32)33)12-13-23-17-30(5-2)29-28-23/h6-11,14,17,21,24H,4-5,12-13,15-16,18H2,1-3H3,(H,32,33)/t21?,24-/m1/s1. The van der Waals surface area contributed by atoms with E-state index in [1.807, 2.05) is 45.2 Å². The highest BCUT2D eigenvalue weighted by Gasteiger charge is 2.34. The van der Waals surface area contributed by atoms with Crippen molar-refractivity contribution in [2.75, 3.05) is 6.54 Å². The first-order valence-electron chi connectivity index (χ1n) is 12.7. The maximum absolute atomic E-state index is 13.6. The Bertz CT molecular complexity index is 1350. The van der Waals surface area contributed by atoms with Gasteiger partial charge >= 0.3 is 5.97 Å². The molecule has 0 amide bonds. The maximum atomic E-state index is 13.6. The molecule has 1 unspecified atom stereocenters. The van der Waals surface area contributed by atoms with Crippen molar-refractivity contribution in [2.24, 2.45) is 0 Å². The average Bonchev–Trinajstić information content (AvgIpc) is 3.31. The smallest absolute Gasteiger partial charge is 0.303 e. The number of carbonyl (C=O) groups is 1. The first kappa shape index (κ1) is 26.8. The lowest BCUT2D eigenvalue weighted by Gasteiger charge is -2.24. The number of aryl methyl sites for hydroxylation is 3. The topological polar surface area (TPSA) is 115 Å². The van der Waals surface area contributed by atoms with Crippen LogP contribution < -0.4 is 4.74 Å². The van der Waals surface area contributed by atoms with Gasteiger partial charge in [-0.3, -0.25) is 9.48 Å². The monoisotopic (exact) mass is 526 g/mol. The van der Waals surface area contributed by atoms with E-state index in [0.29, 0.717) is 25.0 Å². The minimum atomic E-state index is -3.78. The van der Waals surface area contributed by atoms with Crippen LogP contribution in [0.2, 0.25) is 0 Å². The fraction of sp³-hybridized carbons (Fsp3) is 0.444. The molecule has 0 saturated heterocycles. The van der Waals surface area contributed by atoms with E-state index in [1.165, 1.54) is 4.31 Å². The van der Waals surface area contributed by atoms with Gasteiger partial charge in [-0.05, 0) is 67.9 Å². The normalized spacial score (nSPS) is 18.0. The van der Waals surface area contributed by atoms with Gasteiger partial charge in [0.1, 0.15) is 16.7 Å². The molecule has 0 fully saturated rings. The summed E-state index contributed by atoms with van der Waals surface area (Å²) in [7, 11) is -3.78. The van der Waals surface area contributed by atoms with Crippen LogP contribution >= 0.6 is 0 Å². The van der Waals surface area contributed by atoms with Crippen molar-refractivity contribution >= 4 is 16.0 Å². The number of benzene rings is 2. The number of ether oxygens (including phenoxy) is 1. The second-order valence-electron chi connectivity index (χ2n) is 9.48. The Hall–Kier alpha value is -3.24. The maximum Gasteiger partial charge on any atom is 0.303 e. The van der Waals surface area contributed by atoms with Gasteiger partial charge in [-0.2, -0.15) is 4.31 Å². The van der Waals surface area contributed by atoms with E-state index >= 15 is 0 Å². The second-order valence-corrected chi connectivity index (χ2v) is 11.4. The second kappa shape index (κ2) is 11.4. The fourth-order valence-corrected chi connectivity index (χ4v) is 6.21. The van der Waals surface area contributed by atoms with Gasteiger partial charge in [0, 0.05) is 19.3 Å². The third kappa shape index (κ3) is 6.19. The van der Waals surface area contributed by atoms with Gasteiger partial charge in [-0.1, -0.05) is 42.5 Å². The molecule has 1 aliphatic heterocycles. The number of para-hydroxylation sites is 1. The van der Waals surface area contributed by atoms with Crippen molar-refractivity contribution < 1.29 is 23.1 Å². The summed E-state index contributed by atoms with van der Waals surface area (Å²) in [4.78, 5) is 11.9. The molecule has 1 aromatic heterocycles. The molecule has 0 radical (unpaired) electrons. The molecule has 0 aliphatic carbocycles. The number of aromatic nitrogens is 3. The van der Waals surface area contributed by atoms with Crippen molar-refractivity contribution in [1.82, 2.24) is 19.3 Å². The summed E-state index contributed by atoms with van der Waals surface area (Å²) in [6.07, 6.45) is 3.46. The van der Waals surface area contributed by atoms with Crippen LogP contribution in [-0.4, -0.2) is 51.4 Å². The summed E-state index contributed by atoms with van der Waals surface area (Å²) in [5.74, 6) is -0.736. The molecule has 0 saturated carbocycles. The summed E-state index contributed by atoms with van der Waals surface area (Å²) in [5.41, 5.74) is 3.50. The number of aliphatic carboxylic acids is 1. The van der Waals surface area contributed by atoms with E-state index < -0.39 is 16.0 Å². The van der Waals surface area contributed by atoms with E-state index in [9.17, 15) is 18.3 Å². The predicted octanol–water partition coefficient (Wildman–Crippen LogP) is 4.16. The van der Waals surface area contributed by atoms with E-state index in [1.54, 1.807) is 28.9 Å². The SMILES string of the molecule is CC[C@@H]1CN(Cc2cc(C(CCc3cn(CC)nn3)CC(=O)O)ccc2C)S(=O)(=O)c2ccccc2O1. The van der Waals surface area contributed by atoms with E-state index in [2.05, 4.69) is 10.3 Å². The third-order valence-electron chi connectivity index (χ3n) is 6.89. The molecule has 0 spiro atoms. The molecule has 198 valence electrons. The van der Waals surface area contributed by atoms with Gasteiger partial charge in [0.05, 0.1) is 18.7 Å². The molecule has 1 N–H and O–H groups in total. The molecular weight excluding hydrogens is 492 g/mol. The number of fused-ring (bicyclic) bond motifs is 1.